The van der Waals surface area contributed by atoms with Crippen LogP contribution in [0.1, 0.15) is 56.3 Å². The first-order chi connectivity index (χ1) is 9.06. The molecule has 0 heterocycles. The first kappa shape index (κ1) is 15.5. The van der Waals surface area contributed by atoms with Crippen LogP contribution >= 0.6 is 0 Å². The van der Waals surface area contributed by atoms with Crippen molar-refractivity contribution in [3.63, 3.8) is 0 Å². The van der Waals surface area contributed by atoms with E-state index in [1.165, 1.54) is 25.0 Å². The lowest BCUT2D eigenvalue weighted by atomic mass is 10.1. The highest BCUT2D eigenvalue weighted by Crippen LogP contribution is 2.23. The second-order valence-corrected chi connectivity index (χ2v) is 4.70. The van der Waals surface area contributed by atoms with Gasteiger partial charge in [-0.05, 0) is 31.9 Å². The molecule has 1 aromatic rings. The highest BCUT2D eigenvalue weighted by atomic mass is 19.1. The maximum atomic E-state index is 13.4. The van der Waals surface area contributed by atoms with Gasteiger partial charge in [-0.15, -0.1) is 0 Å². The van der Waals surface area contributed by atoms with Gasteiger partial charge in [-0.3, -0.25) is 0 Å². The number of carboxylic acids is 1. The minimum atomic E-state index is -1.30. The number of carbonyl (C=O) groups is 1. The molecule has 0 aliphatic rings. The van der Waals surface area contributed by atoms with Crippen LogP contribution in [-0.2, 0) is 0 Å². The van der Waals surface area contributed by atoms with Gasteiger partial charge in [0.05, 0.1) is 6.10 Å². The molecule has 0 fully saturated rings. The van der Waals surface area contributed by atoms with Crippen molar-refractivity contribution in [1.82, 2.24) is 0 Å². The van der Waals surface area contributed by atoms with Crippen molar-refractivity contribution in [1.29, 1.82) is 0 Å². The highest BCUT2D eigenvalue weighted by molar-refractivity contribution is 5.91. The van der Waals surface area contributed by atoms with Gasteiger partial charge in [0.25, 0.3) is 0 Å². The third kappa shape index (κ3) is 4.89. The molecule has 0 radical (unpaired) electrons. The molecule has 0 saturated heterocycles. The summed E-state index contributed by atoms with van der Waals surface area (Å²) in [4.78, 5) is 11.0. The Kier molecular flexibility index (Phi) is 6.33. The third-order valence-corrected chi connectivity index (χ3v) is 2.98. The van der Waals surface area contributed by atoms with Crippen LogP contribution in [0.15, 0.2) is 18.2 Å². The molecule has 19 heavy (non-hydrogen) atoms. The summed E-state index contributed by atoms with van der Waals surface area (Å²) in [6.07, 6.45) is 5.26. The summed E-state index contributed by atoms with van der Waals surface area (Å²) in [5, 5.41) is 8.99. The number of aromatic carboxylic acids is 1. The number of halogens is 1. The van der Waals surface area contributed by atoms with Crippen LogP contribution in [0.3, 0.4) is 0 Å². The van der Waals surface area contributed by atoms with Gasteiger partial charge < -0.3 is 9.84 Å². The van der Waals surface area contributed by atoms with Crippen molar-refractivity contribution >= 4 is 5.97 Å². The molecule has 1 N–H and O–H groups in total. The molecule has 3 nitrogen and oxygen atoms in total. The molecule has 0 bridgehead atoms. The molecule has 0 aliphatic heterocycles. The Morgan fingerprint density at radius 2 is 2.11 bits per heavy atom. The van der Waals surface area contributed by atoms with Crippen LogP contribution in [-0.4, -0.2) is 17.2 Å². The van der Waals surface area contributed by atoms with Crippen molar-refractivity contribution in [2.24, 2.45) is 0 Å². The van der Waals surface area contributed by atoms with E-state index >= 15 is 0 Å². The molecule has 0 aromatic heterocycles. The van der Waals surface area contributed by atoms with Crippen molar-refractivity contribution in [3.05, 3.63) is 29.6 Å². The van der Waals surface area contributed by atoms with Gasteiger partial charge >= 0.3 is 5.97 Å². The van der Waals surface area contributed by atoms with Crippen molar-refractivity contribution in [2.75, 3.05) is 0 Å². The maximum Gasteiger partial charge on any atom is 0.342 e. The van der Waals surface area contributed by atoms with E-state index in [1.807, 2.05) is 6.92 Å². The molecule has 1 rings (SSSR count). The Bertz CT molecular complexity index is 418. The summed E-state index contributed by atoms with van der Waals surface area (Å²) >= 11 is 0. The smallest absolute Gasteiger partial charge is 0.342 e. The summed E-state index contributed by atoms with van der Waals surface area (Å²) in [5.74, 6) is -1.95. The SMILES string of the molecule is CCCCCCC(C)Oc1cccc(F)c1C(=O)O. The zero-order chi connectivity index (χ0) is 14.3. The number of rotatable bonds is 8. The van der Waals surface area contributed by atoms with Gasteiger partial charge in [0.15, 0.2) is 0 Å². The summed E-state index contributed by atoms with van der Waals surface area (Å²) < 4.78 is 19.0. The predicted octanol–water partition coefficient (Wildman–Crippen LogP) is 4.26. The van der Waals surface area contributed by atoms with Crippen LogP contribution in [0.5, 0.6) is 5.75 Å². The van der Waals surface area contributed by atoms with E-state index in [0.29, 0.717) is 0 Å². The largest absolute Gasteiger partial charge is 0.490 e. The van der Waals surface area contributed by atoms with Crippen molar-refractivity contribution < 1.29 is 19.0 Å². The van der Waals surface area contributed by atoms with Crippen molar-refractivity contribution in [3.8, 4) is 5.75 Å². The lowest BCUT2D eigenvalue weighted by Gasteiger charge is -2.16. The van der Waals surface area contributed by atoms with E-state index in [-0.39, 0.29) is 17.4 Å². The first-order valence-corrected chi connectivity index (χ1v) is 6.74. The topological polar surface area (TPSA) is 46.5 Å². The fourth-order valence-corrected chi connectivity index (χ4v) is 1.94. The lowest BCUT2D eigenvalue weighted by Crippen LogP contribution is -2.15. The summed E-state index contributed by atoms with van der Waals surface area (Å²) in [7, 11) is 0. The Morgan fingerprint density at radius 3 is 2.74 bits per heavy atom. The van der Waals surface area contributed by atoms with Gasteiger partial charge in [0, 0.05) is 0 Å². The summed E-state index contributed by atoms with van der Waals surface area (Å²) in [6, 6.07) is 4.08. The number of unbranched alkanes of at least 4 members (excludes halogenated alkanes) is 3. The van der Waals surface area contributed by atoms with Crippen LogP contribution in [0.2, 0.25) is 0 Å². The molecule has 1 atom stereocenters. The van der Waals surface area contributed by atoms with Gasteiger partial charge in [-0.25, -0.2) is 9.18 Å². The molecular formula is C15H21FO3. The summed E-state index contributed by atoms with van der Waals surface area (Å²) in [6.45, 7) is 4.02. The first-order valence-electron chi connectivity index (χ1n) is 6.74. The van der Waals surface area contributed by atoms with E-state index in [2.05, 4.69) is 6.92 Å². The molecule has 106 valence electrons. The molecular weight excluding hydrogens is 247 g/mol. The summed E-state index contributed by atoms with van der Waals surface area (Å²) in [5.41, 5.74) is -0.386. The fourth-order valence-electron chi connectivity index (χ4n) is 1.94. The van der Waals surface area contributed by atoms with Gasteiger partial charge in [0.2, 0.25) is 0 Å². The monoisotopic (exact) mass is 268 g/mol. The Hall–Kier alpha value is -1.58. The van der Waals surface area contributed by atoms with Gasteiger partial charge in [-0.2, -0.15) is 0 Å². The highest BCUT2D eigenvalue weighted by Gasteiger charge is 2.18. The molecule has 4 heteroatoms. The number of benzene rings is 1. The second-order valence-electron chi connectivity index (χ2n) is 4.70. The van der Waals surface area contributed by atoms with E-state index in [4.69, 9.17) is 9.84 Å². The lowest BCUT2D eigenvalue weighted by molar-refractivity contribution is 0.0683. The molecule has 0 saturated carbocycles. The minimum absolute atomic E-state index is 0.107. The average molecular weight is 268 g/mol. The molecule has 1 aromatic carbocycles. The molecule has 0 amide bonds. The van der Waals surface area contributed by atoms with E-state index < -0.39 is 11.8 Å². The zero-order valence-corrected chi connectivity index (χ0v) is 11.5. The quantitative estimate of drug-likeness (QED) is 0.716. The molecule has 0 aliphatic carbocycles. The average Bonchev–Trinajstić information content (AvgIpc) is 2.34. The normalized spacial score (nSPS) is 12.2. The van der Waals surface area contributed by atoms with Crippen LogP contribution in [0.25, 0.3) is 0 Å². The van der Waals surface area contributed by atoms with E-state index in [0.717, 1.165) is 25.3 Å². The second kappa shape index (κ2) is 7.77. The Labute approximate surface area is 113 Å². The number of hydrogen-bond acceptors (Lipinski definition) is 2. The zero-order valence-electron chi connectivity index (χ0n) is 11.5. The van der Waals surface area contributed by atoms with E-state index in [1.54, 1.807) is 0 Å². The van der Waals surface area contributed by atoms with Crippen LogP contribution in [0, 0.1) is 5.82 Å². The predicted molar refractivity (Wildman–Crippen MR) is 72.2 cm³/mol. The van der Waals surface area contributed by atoms with E-state index in [9.17, 15) is 9.18 Å². The minimum Gasteiger partial charge on any atom is -0.490 e. The van der Waals surface area contributed by atoms with Gasteiger partial charge in [0.1, 0.15) is 17.1 Å². The molecule has 1 unspecified atom stereocenters. The third-order valence-electron chi connectivity index (χ3n) is 2.98. The maximum absolute atomic E-state index is 13.4. The van der Waals surface area contributed by atoms with Crippen LogP contribution < -0.4 is 4.74 Å². The standard InChI is InChI=1S/C15H21FO3/c1-3-4-5-6-8-11(2)19-13-10-7-9-12(16)14(13)15(17)18/h7,9-11H,3-6,8H2,1-2H3,(H,17,18). The Balaban J connectivity index is 2.61. The van der Waals surface area contributed by atoms with Crippen LogP contribution in [0.4, 0.5) is 4.39 Å². The molecule has 0 spiro atoms. The number of hydrogen-bond donors (Lipinski definition) is 1. The Morgan fingerprint density at radius 1 is 1.37 bits per heavy atom. The van der Waals surface area contributed by atoms with Crippen molar-refractivity contribution in [2.45, 2.75) is 52.1 Å². The number of carboxylic acid groups (broad SMARTS) is 1. The van der Waals surface area contributed by atoms with Gasteiger partial charge in [-0.1, -0.05) is 32.3 Å². The number of ether oxygens (including phenoxy) is 1. The fraction of sp³-hybridized carbons (Fsp3) is 0.533.